The Labute approximate surface area is 134 Å². The SMILES string of the molecule is CCCCN1CC(c2ccccc2)NCC1c1ccccc1. The van der Waals surface area contributed by atoms with Gasteiger partial charge in [-0.05, 0) is 24.1 Å². The maximum atomic E-state index is 3.75. The van der Waals surface area contributed by atoms with Crippen LogP contribution in [0.25, 0.3) is 0 Å². The van der Waals surface area contributed by atoms with Gasteiger partial charge in [0.1, 0.15) is 0 Å². The fourth-order valence-corrected chi connectivity index (χ4v) is 3.33. The number of hydrogen-bond donors (Lipinski definition) is 1. The molecule has 22 heavy (non-hydrogen) atoms. The smallest absolute Gasteiger partial charge is 0.0473 e. The molecule has 2 aromatic carbocycles. The molecule has 1 fully saturated rings. The summed E-state index contributed by atoms with van der Waals surface area (Å²) in [7, 11) is 0. The molecule has 0 radical (unpaired) electrons. The molecule has 1 saturated heterocycles. The lowest BCUT2D eigenvalue weighted by Gasteiger charge is -2.41. The Kier molecular flexibility index (Phi) is 5.25. The minimum atomic E-state index is 0.443. The van der Waals surface area contributed by atoms with E-state index in [0.717, 1.165) is 13.1 Å². The first kappa shape index (κ1) is 15.3. The quantitative estimate of drug-likeness (QED) is 0.890. The van der Waals surface area contributed by atoms with Crippen molar-refractivity contribution in [2.24, 2.45) is 0 Å². The fourth-order valence-electron chi connectivity index (χ4n) is 3.33. The van der Waals surface area contributed by atoms with Crippen molar-refractivity contribution in [2.75, 3.05) is 19.6 Å². The Morgan fingerprint density at radius 1 is 0.955 bits per heavy atom. The van der Waals surface area contributed by atoms with Gasteiger partial charge >= 0.3 is 0 Å². The summed E-state index contributed by atoms with van der Waals surface area (Å²) in [5.74, 6) is 0. The van der Waals surface area contributed by atoms with Crippen molar-refractivity contribution < 1.29 is 0 Å². The highest BCUT2D eigenvalue weighted by atomic mass is 15.2. The van der Waals surface area contributed by atoms with E-state index in [1.54, 1.807) is 0 Å². The summed E-state index contributed by atoms with van der Waals surface area (Å²) in [6.45, 7) is 5.56. The first-order chi connectivity index (χ1) is 10.9. The molecule has 1 N–H and O–H groups in total. The molecule has 2 heteroatoms. The summed E-state index contributed by atoms with van der Waals surface area (Å²) in [5.41, 5.74) is 2.83. The Bertz CT molecular complexity index is 552. The van der Waals surface area contributed by atoms with Crippen LogP contribution in [0.1, 0.15) is 43.0 Å². The van der Waals surface area contributed by atoms with Gasteiger partial charge in [-0.1, -0.05) is 74.0 Å². The van der Waals surface area contributed by atoms with E-state index in [1.807, 2.05) is 0 Å². The van der Waals surface area contributed by atoms with Crippen molar-refractivity contribution in [3.8, 4) is 0 Å². The molecule has 3 rings (SSSR count). The van der Waals surface area contributed by atoms with Crippen LogP contribution in [0.4, 0.5) is 0 Å². The molecule has 0 aliphatic carbocycles. The Hall–Kier alpha value is -1.64. The van der Waals surface area contributed by atoms with Crippen LogP contribution < -0.4 is 5.32 Å². The molecular weight excluding hydrogens is 268 g/mol. The number of nitrogens with zero attached hydrogens (tertiary/aromatic N) is 1. The van der Waals surface area contributed by atoms with Crippen LogP contribution >= 0.6 is 0 Å². The lowest BCUT2D eigenvalue weighted by atomic mass is 9.97. The van der Waals surface area contributed by atoms with Crippen LogP contribution in [-0.4, -0.2) is 24.5 Å². The van der Waals surface area contributed by atoms with Crippen molar-refractivity contribution in [3.63, 3.8) is 0 Å². The average molecular weight is 294 g/mol. The summed E-state index contributed by atoms with van der Waals surface area (Å²) in [6.07, 6.45) is 2.52. The van der Waals surface area contributed by atoms with Crippen molar-refractivity contribution in [2.45, 2.75) is 31.8 Å². The monoisotopic (exact) mass is 294 g/mol. The van der Waals surface area contributed by atoms with Gasteiger partial charge in [0.25, 0.3) is 0 Å². The highest BCUT2D eigenvalue weighted by molar-refractivity contribution is 5.24. The van der Waals surface area contributed by atoms with Gasteiger partial charge in [0.15, 0.2) is 0 Å². The van der Waals surface area contributed by atoms with E-state index >= 15 is 0 Å². The minimum Gasteiger partial charge on any atom is -0.307 e. The molecule has 1 aliphatic rings. The molecule has 1 aliphatic heterocycles. The lowest BCUT2D eigenvalue weighted by molar-refractivity contribution is 0.128. The first-order valence-electron chi connectivity index (χ1n) is 8.46. The molecule has 0 amide bonds. The standard InChI is InChI=1S/C20H26N2/c1-2-3-14-22-16-19(17-10-6-4-7-11-17)21-15-20(22)18-12-8-5-9-13-18/h4-13,19-21H,2-3,14-16H2,1H3. The van der Waals surface area contributed by atoms with Crippen molar-refractivity contribution in [1.82, 2.24) is 10.2 Å². The molecule has 2 nitrogen and oxygen atoms in total. The maximum absolute atomic E-state index is 3.75. The van der Waals surface area contributed by atoms with E-state index in [4.69, 9.17) is 0 Å². The van der Waals surface area contributed by atoms with Gasteiger partial charge < -0.3 is 5.32 Å². The van der Waals surface area contributed by atoms with Gasteiger partial charge in [-0.25, -0.2) is 0 Å². The molecular formula is C20H26N2. The predicted octanol–water partition coefficient (Wildman–Crippen LogP) is 4.17. The second kappa shape index (κ2) is 7.57. The van der Waals surface area contributed by atoms with Gasteiger partial charge in [-0.2, -0.15) is 0 Å². The summed E-state index contributed by atoms with van der Waals surface area (Å²) >= 11 is 0. The second-order valence-corrected chi connectivity index (χ2v) is 6.15. The molecule has 0 spiro atoms. The molecule has 0 saturated carbocycles. The van der Waals surface area contributed by atoms with Gasteiger partial charge in [-0.3, -0.25) is 4.90 Å². The van der Waals surface area contributed by atoms with Crippen LogP contribution in [0.5, 0.6) is 0 Å². The Morgan fingerprint density at radius 2 is 1.59 bits per heavy atom. The van der Waals surface area contributed by atoms with Crippen LogP contribution in [0.15, 0.2) is 60.7 Å². The van der Waals surface area contributed by atoms with Crippen LogP contribution in [-0.2, 0) is 0 Å². The average Bonchev–Trinajstić information content (AvgIpc) is 2.61. The number of rotatable bonds is 5. The zero-order valence-corrected chi connectivity index (χ0v) is 13.4. The van der Waals surface area contributed by atoms with E-state index in [9.17, 15) is 0 Å². The third kappa shape index (κ3) is 3.57. The van der Waals surface area contributed by atoms with E-state index in [0.29, 0.717) is 12.1 Å². The molecule has 1 heterocycles. The summed E-state index contributed by atoms with van der Waals surface area (Å²) < 4.78 is 0. The highest BCUT2D eigenvalue weighted by Gasteiger charge is 2.28. The molecule has 0 bridgehead atoms. The predicted molar refractivity (Wildman–Crippen MR) is 92.8 cm³/mol. The summed E-state index contributed by atoms with van der Waals surface area (Å²) in [4.78, 5) is 2.66. The molecule has 2 unspecified atom stereocenters. The minimum absolute atomic E-state index is 0.443. The van der Waals surface area contributed by atoms with Crippen LogP contribution in [0.3, 0.4) is 0 Å². The van der Waals surface area contributed by atoms with Crippen molar-refractivity contribution >= 4 is 0 Å². The van der Waals surface area contributed by atoms with Gasteiger partial charge in [0, 0.05) is 25.2 Å². The number of unbranched alkanes of at least 4 members (excludes halogenated alkanes) is 1. The van der Waals surface area contributed by atoms with Gasteiger partial charge in [-0.15, -0.1) is 0 Å². The number of nitrogens with one attached hydrogen (secondary N) is 1. The summed E-state index contributed by atoms with van der Waals surface area (Å²) in [6, 6.07) is 22.7. The van der Waals surface area contributed by atoms with Gasteiger partial charge in [0.05, 0.1) is 0 Å². The maximum Gasteiger partial charge on any atom is 0.0473 e. The molecule has 2 aromatic rings. The first-order valence-corrected chi connectivity index (χ1v) is 8.46. The third-order valence-electron chi connectivity index (χ3n) is 4.60. The normalized spacial score (nSPS) is 22.6. The van der Waals surface area contributed by atoms with E-state index in [2.05, 4.69) is 77.8 Å². The Morgan fingerprint density at radius 3 is 2.23 bits per heavy atom. The molecule has 0 aromatic heterocycles. The van der Waals surface area contributed by atoms with Gasteiger partial charge in [0.2, 0.25) is 0 Å². The highest BCUT2D eigenvalue weighted by Crippen LogP contribution is 2.28. The van der Waals surface area contributed by atoms with E-state index in [1.165, 1.54) is 30.5 Å². The second-order valence-electron chi connectivity index (χ2n) is 6.15. The molecule has 116 valence electrons. The summed E-state index contributed by atoms with van der Waals surface area (Å²) in [5, 5.41) is 3.75. The number of benzene rings is 2. The van der Waals surface area contributed by atoms with Crippen LogP contribution in [0.2, 0.25) is 0 Å². The lowest BCUT2D eigenvalue weighted by Crippen LogP contribution is -2.48. The van der Waals surface area contributed by atoms with E-state index in [-0.39, 0.29) is 0 Å². The zero-order valence-electron chi connectivity index (χ0n) is 13.4. The fraction of sp³-hybridized carbons (Fsp3) is 0.400. The van der Waals surface area contributed by atoms with Crippen LogP contribution in [0, 0.1) is 0 Å². The number of piperazine rings is 1. The van der Waals surface area contributed by atoms with Crippen molar-refractivity contribution in [3.05, 3.63) is 71.8 Å². The third-order valence-corrected chi connectivity index (χ3v) is 4.60. The Balaban J connectivity index is 1.76. The largest absolute Gasteiger partial charge is 0.307 e. The molecule has 2 atom stereocenters. The zero-order chi connectivity index (χ0) is 15.2. The number of hydrogen-bond acceptors (Lipinski definition) is 2. The topological polar surface area (TPSA) is 15.3 Å². The van der Waals surface area contributed by atoms with Crippen molar-refractivity contribution in [1.29, 1.82) is 0 Å². The van der Waals surface area contributed by atoms with E-state index < -0.39 is 0 Å².